The molecule has 120 valence electrons. The standard InChI is InChI=1S/C18H17N5O/c1-19-14-3-7-20-15(10-14)17-16-12(11-22-17)2-6-21-18(16)23-13-4-8-24-9-5-13/h2-3,6-7,10,13H,4-5,8-9,11H2,(H,21,23). The van der Waals surface area contributed by atoms with Crippen molar-refractivity contribution in [2.24, 2.45) is 4.99 Å². The molecule has 0 spiro atoms. The van der Waals surface area contributed by atoms with E-state index >= 15 is 0 Å². The van der Waals surface area contributed by atoms with Crippen molar-refractivity contribution in [3.05, 3.63) is 58.8 Å². The highest BCUT2D eigenvalue weighted by atomic mass is 16.5. The highest BCUT2D eigenvalue weighted by Crippen LogP contribution is 2.29. The van der Waals surface area contributed by atoms with Crippen molar-refractivity contribution in [1.29, 1.82) is 0 Å². The quantitative estimate of drug-likeness (QED) is 0.884. The Kier molecular flexibility index (Phi) is 3.93. The Bertz CT molecular complexity index is 834. The fourth-order valence-electron chi connectivity index (χ4n) is 3.11. The van der Waals surface area contributed by atoms with Gasteiger partial charge in [-0.2, -0.15) is 0 Å². The second-order valence-corrected chi connectivity index (χ2v) is 5.90. The maximum atomic E-state index is 7.19. The molecule has 2 aromatic rings. The number of hydrogen-bond acceptors (Lipinski definition) is 5. The van der Waals surface area contributed by atoms with Gasteiger partial charge in [0.1, 0.15) is 5.82 Å². The van der Waals surface area contributed by atoms with Gasteiger partial charge in [-0.15, -0.1) is 0 Å². The summed E-state index contributed by atoms with van der Waals surface area (Å²) in [6, 6.07) is 5.85. The van der Waals surface area contributed by atoms with E-state index in [0.717, 1.165) is 54.4 Å². The average Bonchev–Trinajstić information content (AvgIpc) is 3.08. The van der Waals surface area contributed by atoms with Gasteiger partial charge >= 0.3 is 0 Å². The Morgan fingerprint density at radius 1 is 1.17 bits per heavy atom. The summed E-state index contributed by atoms with van der Waals surface area (Å²) in [5.41, 5.74) is 4.27. The molecule has 0 radical (unpaired) electrons. The predicted molar refractivity (Wildman–Crippen MR) is 91.5 cm³/mol. The Hall–Kier alpha value is -2.78. The minimum Gasteiger partial charge on any atom is -0.381 e. The SMILES string of the molecule is [C-]#[N+]c1ccnc(C2=NCc3ccnc(NC4CCOCC4)c32)c1. The van der Waals surface area contributed by atoms with Crippen molar-refractivity contribution < 1.29 is 4.74 Å². The molecule has 1 saturated heterocycles. The van der Waals surface area contributed by atoms with Crippen molar-refractivity contribution >= 4 is 17.2 Å². The first-order chi connectivity index (χ1) is 11.8. The number of pyridine rings is 2. The zero-order chi connectivity index (χ0) is 16.4. The molecule has 0 aliphatic carbocycles. The van der Waals surface area contributed by atoms with Gasteiger partial charge in [0.2, 0.25) is 0 Å². The van der Waals surface area contributed by atoms with Gasteiger partial charge in [-0.1, -0.05) is 0 Å². The van der Waals surface area contributed by atoms with E-state index in [4.69, 9.17) is 11.3 Å². The molecule has 2 aromatic heterocycles. The smallest absolute Gasteiger partial charge is 0.190 e. The van der Waals surface area contributed by atoms with Gasteiger partial charge in [-0.3, -0.25) is 9.98 Å². The maximum Gasteiger partial charge on any atom is 0.190 e. The molecule has 0 atom stereocenters. The van der Waals surface area contributed by atoms with Gasteiger partial charge in [0.05, 0.1) is 24.5 Å². The van der Waals surface area contributed by atoms with Crippen LogP contribution in [0.3, 0.4) is 0 Å². The molecular formula is C18H17N5O. The Balaban J connectivity index is 1.69. The third-order valence-corrected chi connectivity index (χ3v) is 4.36. The van der Waals surface area contributed by atoms with E-state index in [1.807, 2.05) is 12.3 Å². The number of aliphatic imine (C=N–C) groups is 1. The van der Waals surface area contributed by atoms with Gasteiger partial charge in [-0.05, 0) is 36.6 Å². The van der Waals surface area contributed by atoms with Crippen molar-refractivity contribution in [1.82, 2.24) is 9.97 Å². The van der Waals surface area contributed by atoms with E-state index in [-0.39, 0.29) is 0 Å². The van der Waals surface area contributed by atoms with Gasteiger partial charge in [-0.25, -0.2) is 9.83 Å². The summed E-state index contributed by atoms with van der Waals surface area (Å²) in [6.07, 6.45) is 5.43. The van der Waals surface area contributed by atoms with Crippen molar-refractivity contribution in [3.63, 3.8) is 0 Å². The number of hydrogen-bond donors (Lipinski definition) is 1. The number of nitrogens with one attached hydrogen (secondary N) is 1. The van der Waals surface area contributed by atoms with Crippen LogP contribution in [0.1, 0.15) is 29.7 Å². The molecule has 0 bridgehead atoms. The summed E-state index contributed by atoms with van der Waals surface area (Å²) in [4.78, 5) is 17.1. The third kappa shape index (κ3) is 2.74. The van der Waals surface area contributed by atoms with Gasteiger partial charge in [0.25, 0.3) is 0 Å². The molecule has 4 rings (SSSR count). The third-order valence-electron chi connectivity index (χ3n) is 4.36. The first-order valence-electron chi connectivity index (χ1n) is 8.06. The monoisotopic (exact) mass is 319 g/mol. The van der Waals surface area contributed by atoms with E-state index in [2.05, 4.69) is 25.1 Å². The molecule has 0 unspecified atom stereocenters. The van der Waals surface area contributed by atoms with E-state index in [0.29, 0.717) is 18.3 Å². The molecule has 4 heterocycles. The first kappa shape index (κ1) is 14.8. The lowest BCUT2D eigenvalue weighted by Crippen LogP contribution is -2.29. The van der Waals surface area contributed by atoms with Crippen LogP contribution < -0.4 is 5.32 Å². The van der Waals surface area contributed by atoms with Gasteiger partial charge in [0, 0.05) is 37.2 Å². The van der Waals surface area contributed by atoms with Crippen LogP contribution in [0.15, 0.2) is 35.6 Å². The lowest BCUT2D eigenvalue weighted by Gasteiger charge is -2.24. The zero-order valence-corrected chi connectivity index (χ0v) is 13.2. The van der Waals surface area contributed by atoms with Crippen LogP contribution in [0.2, 0.25) is 0 Å². The topological polar surface area (TPSA) is 63.8 Å². The second-order valence-electron chi connectivity index (χ2n) is 5.90. The normalized spacial score (nSPS) is 17.0. The van der Waals surface area contributed by atoms with Crippen LogP contribution in [0, 0.1) is 6.57 Å². The molecule has 1 N–H and O–H groups in total. The second kappa shape index (κ2) is 6.38. The van der Waals surface area contributed by atoms with Gasteiger partial charge < -0.3 is 10.1 Å². The Labute approximate surface area is 140 Å². The number of rotatable bonds is 3. The van der Waals surface area contributed by atoms with Crippen LogP contribution in [0.5, 0.6) is 0 Å². The van der Waals surface area contributed by atoms with E-state index in [1.54, 1.807) is 18.3 Å². The van der Waals surface area contributed by atoms with Crippen molar-refractivity contribution in [2.45, 2.75) is 25.4 Å². The van der Waals surface area contributed by atoms with Crippen molar-refractivity contribution in [2.75, 3.05) is 18.5 Å². The minimum atomic E-state index is 0.363. The Morgan fingerprint density at radius 2 is 2.00 bits per heavy atom. The molecule has 24 heavy (non-hydrogen) atoms. The van der Waals surface area contributed by atoms with Crippen LogP contribution in [0.25, 0.3) is 4.85 Å². The van der Waals surface area contributed by atoms with Crippen LogP contribution in [-0.2, 0) is 11.3 Å². The molecule has 0 saturated carbocycles. The highest BCUT2D eigenvalue weighted by Gasteiger charge is 2.25. The van der Waals surface area contributed by atoms with Crippen LogP contribution in [0.4, 0.5) is 11.5 Å². The lowest BCUT2D eigenvalue weighted by molar-refractivity contribution is 0.0904. The number of anilines is 1. The molecule has 2 aliphatic rings. The summed E-state index contributed by atoms with van der Waals surface area (Å²) < 4.78 is 5.42. The van der Waals surface area contributed by atoms with Crippen LogP contribution in [-0.4, -0.2) is 34.9 Å². The number of nitrogens with zero attached hydrogens (tertiary/aromatic N) is 4. The number of aromatic nitrogens is 2. The minimum absolute atomic E-state index is 0.363. The van der Waals surface area contributed by atoms with E-state index in [9.17, 15) is 0 Å². The average molecular weight is 319 g/mol. The van der Waals surface area contributed by atoms with Crippen molar-refractivity contribution in [3.8, 4) is 0 Å². The largest absolute Gasteiger partial charge is 0.381 e. The highest BCUT2D eigenvalue weighted by molar-refractivity contribution is 6.17. The van der Waals surface area contributed by atoms with E-state index in [1.165, 1.54) is 0 Å². The maximum absolute atomic E-state index is 7.19. The fourth-order valence-corrected chi connectivity index (χ4v) is 3.11. The van der Waals surface area contributed by atoms with Gasteiger partial charge in [0.15, 0.2) is 5.69 Å². The van der Waals surface area contributed by atoms with E-state index < -0.39 is 0 Å². The van der Waals surface area contributed by atoms with Crippen LogP contribution >= 0.6 is 0 Å². The summed E-state index contributed by atoms with van der Waals surface area (Å²) in [5.74, 6) is 0.852. The first-order valence-corrected chi connectivity index (χ1v) is 8.06. The Morgan fingerprint density at radius 3 is 2.83 bits per heavy atom. The summed E-state index contributed by atoms with van der Waals surface area (Å²) in [6.45, 7) is 9.37. The fraction of sp³-hybridized carbons (Fsp3) is 0.333. The molecule has 0 amide bonds. The number of fused-ring (bicyclic) bond motifs is 1. The summed E-state index contributed by atoms with van der Waals surface area (Å²) in [5, 5.41) is 3.55. The predicted octanol–water partition coefficient (Wildman–Crippen LogP) is 2.97. The molecule has 6 nitrogen and oxygen atoms in total. The molecule has 1 fully saturated rings. The number of ether oxygens (including phenoxy) is 1. The molecule has 0 aromatic carbocycles. The molecule has 2 aliphatic heterocycles. The molecule has 6 heteroatoms. The molecular weight excluding hydrogens is 302 g/mol. The summed E-state index contributed by atoms with van der Waals surface area (Å²) >= 11 is 0. The summed E-state index contributed by atoms with van der Waals surface area (Å²) in [7, 11) is 0. The zero-order valence-electron chi connectivity index (χ0n) is 13.2. The lowest BCUT2D eigenvalue weighted by atomic mass is 10.0.